The summed E-state index contributed by atoms with van der Waals surface area (Å²) in [7, 11) is 0. The third kappa shape index (κ3) is 2.65. The molecule has 3 fully saturated rings. The van der Waals surface area contributed by atoms with Gasteiger partial charge in [-0.25, -0.2) is 0 Å². The van der Waals surface area contributed by atoms with E-state index in [4.69, 9.17) is 16.3 Å². The number of benzene rings is 2. The van der Waals surface area contributed by atoms with E-state index in [1.54, 1.807) is 48.5 Å². The summed E-state index contributed by atoms with van der Waals surface area (Å²) in [5.74, 6) is -4.09. The highest BCUT2D eigenvalue weighted by molar-refractivity contribution is 6.35. The van der Waals surface area contributed by atoms with E-state index in [9.17, 15) is 19.2 Å². The fourth-order valence-corrected chi connectivity index (χ4v) is 6.47. The lowest BCUT2D eigenvalue weighted by Crippen LogP contribution is -2.52. The number of fused-ring (bicyclic) bond motifs is 3. The first-order chi connectivity index (χ1) is 16.0. The Labute approximate surface area is 195 Å². The second-order valence-corrected chi connectivity index (χ2v) is 9.75. The van der Waals surface area contributed by atoms with Gasteiger partial charge in [0.05, 0.1) is 17.9 Å². The number of rotatable bonds is 2. The number of hydrogen-bond donors (Lipinski definition) is 0. The maximum absolute atomic E-state index is 13.8. The highest BCUT2D eigenvalue weighted by atomic mass is 35.5. The van der Waals surface area contributed by atoms with Gasteiger partial charge < -0.3 is 4.74 Å². The van der Waals surface area contributed by atoms with Crippen molar-refractivity contribution in [3.8, 4) is 0 Å². The summed E-state index contributed by atoms with van der Waals surface area (Å²) in [5, 5.41) is 0.366. The van der Waals surface area contributed by atoms with Crippen molar-refractivity contribution < 1.29 is 23.9 Å². The van der Waals surface area contributed by atoms with E-state index < -0.39 is 41.0 Å². The minimum atomic E-state index is -2.03. The molecular weight excluding hydrogens is 442 g/mol. The standard InChI is InChI=1S/C26H22ClNO5/c27-18-13-7-6-12-17(18)21-19-20(25(32)28(24(19)31)14-8-2-1-3-9-14)26(33-21)22(29)15-10-4-5-11-16(15)23(26)30/h4-7,10-14,19-21H,1-3,8-9H2. The van der Waals surface area contributed by atoms with Crippen molar-refractivity contribution in [3.05, 3.63) is 70.2 Å². The number of ketones is 2. The molecule has 1 saturated carbocycles. The second-order valence-electron chi connectivity index (χ2n) is 9.34. The van der Waals surface area contributed by atoms with Crippen LogP contribution >= 0.6 is 11.6 Å². The predicted octanol–water partition coefficient (Wildman–Crippen LogP) is 4.16. The number of Topliss-reactive ketones (excluding diaryl/α,β-unsaturated/α-hetero) is 2. The minimum absolute atomic E-state index is 0.206. The van der Waals surface area contributed by atoms with Gasteiger partial charge in [-0.3, -0.25) is 24.1 Å². The van der Waals surface area contributed by atoms with Crippen molar-refractivity contribution in [1.29, 1.82) is 0 Å². The van der Waals surface area contributed by atoms with Crippen LogP contribution in [0.4, 0.5) is 0 Å². The molecule has 4 aliphatic rings. The molecule has 3 atom stereocenters. The van der Waals surface area contributed by atoms with Crippen LogP contribution in [0.25, 0.3) is 0 Å². The molecule has 168 valence electrons. The van der Waals surface area contributed by atoms with Crippen LogP contribution in [-0.4, -0.2) is 39.9 Å². The van der Waals surface area contributed by atoms with Gasteiger partial charge in [0.25, 0.3) is 0 Å². The van der Waals surface area contributed by atoms with Gasteiger partial charge in [0.1, 0.15) is 0 Å². The van der Waals surface area contributed by atoms with Gasteiger partial charge in [-0.15, -0.1) is 0 Å². The molecule has 0 aromatic heterocycles. The number of carbonyl (C=O) groups is 4. The molecule has 2 saturated heterocycles. The van der Waals surface area contributed by atoms with E-state index in [2.05, 4.69) is 0 Å². The monoisotopic (exact) mass is 463 g/mol. The highest BCUT2D eigenvalue weighted by Gasteiger charge is 2.75. The van der Waals surface area contributed by atoms with Crippen LogP contribution in [-0.2, 0) is 14.3 Å². The number of amides is 2. The molecule has 1 spiro atoms. The maximum Gasteiger partial charge on any atom is 0.237 e. The Morgan fingerprint density at radius 3 is 2.06 bits per heavy atom. The Balaban J connectivity index is 1.52. The first kappa shape index (κ1) is 20.8. The number of halogens is 1. The molecule has 2 heterocycles. The summed E-state index contributed by atoms with van der Waals surface area (Å²) in [6.07, 6.45) is 3.47. The van der Waals surface area contributed by atoms with Crippen LogP contribution < -0.4 is 0 Å². The van der Waals surface area contributed by atoms with Crippen LogP contribution in [0.3, 0.4) is 0 Å². The lowest BCUT2D eigenvalue weighted by Gasteiger charge is -2.33. The molecule has 0 bridgehead atoms. The fourth-order valence-electron chi connectivity index (χ4n) is 6.23. The van der Waals surface area contributed by atoms with Crippen LogP contribution in [0.5, 0.6) is 0 Å². The van der Waals surface area contributed by atoms with Gasteiger partial charge in [0, 0.05) is 27.8 Å². The first-order valence-corrected chi connectivity index (χ1v) is 11.8. The van der Waals surface area contributed by atoms with Gasteiger partial charge in [0.15, 0.2) is 0 Å². The maximum atomic E-state index is 13.8. The van der Waals surface area contributed by atoms with Crippen LogP contribution in [0.1, 0.15) is 64.5 Å². The zero-order valence-corrected chi connectivity index (χ0v) is 18.6. The summed E-state index contributed by atoms with van der Waals surface area (Å²) >= 11 is 6.46. The van der Waals surface area contributed by atoms with Crippen molar-refractivity contribution in [2.24, 2.45) is 11.8 Å². The molecule has 2 aromatic carbocycles. The summed E-state index contributed by atoms with van der Waals surface area (Å²) in [6, 6.07) is 13.2. The topological polar surface area (TPSA) is 80.8 Å². The molecular formula is C26H22ClNO5. The van der Waals surface area contributed by atoms with E-state index in [-0.39, 0.29) is 23.1 Å². The average Bonchev–Trinajstić information content (AvgIpc) is 3.40. The lowest BCUT2D eigenvalue weighted by molar-refractivity contribution is -0.148. The number of hydrogen-bond acceptors (Lipinski definition) is 5. The highest BCUT2D eigenvalue weighted by Crippen LogP contribution is 2.58. The van der Waals surface area contributed by atoms with Gasteiger partial charge in [-0.2, -0.15) is 0 Å². The Kier molecular flexibility index (Phi) is 4.61. The zero-order chi connectivity index (χ0) is 22.9. The lowest BCUT2D eigenvalue weighted by atomic mass is 9.77. The number of nitrogens with zero attached hydrogens (tertiary/aromatic N) is 1. The molecule has 2 aromatic rings. The molecule has 7 heteroatoms. The molecule has 0 radical (unpaired) electrons. The Morgan fingerprint density at radius 2 is 1.42 bits per heavy atom. The average molecular weight is 464 g/mol. The van der Waals surface area contributed by atoms with E-state index in [0.717, 1.165) is 32.1 Å². The van der Waals surface area contributed by atoms with Gasteiger partial charge in [-0.1, -0.05) is 73.3 Å². The largest absolute Gasteiger partial charge is 0.349 e. The molecule has 33 heavy (non-hydrogen) atoms. The summed E-state index contributed by atoms with van der Waals surface area (Å²) in [5.41, 5.74) is -1.06. The molecule has 0 N–H and O–H groups in total. The van der Waals surface area contributed by atoms with Crippen LogP contribution in [0.2, 0.25) is 5.02 Å². The SMILES string of the molecule is O=C1C2C(c3ccccc3Cl)OC3(C(=O)c4ccccc4C3=O)C2C(=O)N1C1CCCCC1. The van der Waals surface area contributed by atoms with E-state index in [1.165, 1.54) is 4.90 Å². The molecule has 2 amide bonds. The van der Waals surface area contributed by atoms with Gasteiger partial charge in [-0.05, 0) is 18.9 Å². The van der Waals surface area contributed by atoms with Gasteiger partial charge in [0.2, 0.25) is 29.0 Å². The summed E-state index contributed by atoms with van der Waals surface area (Å²) in [6.45, 7) is 0. The number of likely N-dealkylation sites (tertiary alicyclic amines) is 1. The van der Waals surface area contributed by atoms with Crippen LogP contribution in [0, 0.1) is 11.8 Å². The molecule has 6 rings (SSSR count). The number of ether oxygens (including phenoxy) is 1. The first-order valence-electron chi connectivity index (χ1n) is 11.4. The number of imide groups is 1. The third-order valence-corrected chi connectivity index (χ3v) is 8.05. The van der Waals surface area contributed by atoms with E-state index >= 15 is 0 Å². The van der Waals surface area contributed by atoms with Crippen molar-refractivity contribution in [2.45, 2.75) is 49.9 Å². The van der Waals surface area contributed by atoms with E-state index in [1.807, 2.05) is 0 Å². The van der Waals surface area contributed by atoms with Crippen molar-refractivity contribution in [3.63, 3.8) is 0 Å². The molecule has 2 aliphatic heterocycles. The molecule has 3 unspecified atom stereocenters. The third-order valence-electron chi connectivity index (χ3n) is 7.70. The molecule has 6 nitrogen and oxygen atoms in total. The van der Waals surface area contributed by atoms with Crippen molar-refractivity contribution in [1.82, 2.24) is 4.90 Å². The van der Waals surface area contributed by atoms with E-state index in [0.29, 0.717) is 10.6 Å². The van der Waals surface area contributed by atoms with Crippen LogP contribution in [0.15, 0.2) is 48.5 Å². The quantitative estimate of drug-likeness (QED) is 0.493. The second kappa shape index (κ2) is 7.34. The zero-order valence-electron chi connectivity index (χ0n) is 17.8. The van der Waals surface area contributed by atoms with Crippen molar-refractivity contribution >= 4 is 35.0 Å². The normalized spacial score (nSPS) is 28.6. The Bertz CT molecular complexity index is 1180. The van der Waals surface area contributed by atoms with Gasteiger partial charge >= 0.3 is 0 Å². The predicted molar refractivity (Wildman–Crippen MR) is 119 cm³/mol. The fraction of sp³-hybridized carbons (Fsp3) is 0.385. The smallest absolute Gasteiger partial charge is 0.237 e. The Morgan fingerprint density at radius 1 is 0.818 bits per heavy atom. The summed E-state index contributed by atoms with van der Waals surface area (Å²) in [4.78, 5) is 56.4. The summed E-state index contributed by atoms with van der Waals surface area (Å²) < 4.78 is 6.28. The minimum Gasteiger partial charge on any atom is -0.349 e. The number of carbonyl (C=O) groups excluding carboxylic acids is 4. The Hall–Kier alpha value is -2.83. The van der Waals surface area contributed by atoms with Crippen molar-refractivity contribution in [2.75, 3.05) is 0 Å². The molecule has 2 aliphatic carbocycles.